The van der Waals surface area contributed by atoms with E-state index >= 15 is 0 Å². The Balaban J connectivity index is 2.70. The summed E-state index contributed by atoms with van der Waals surface area (Å²) in [6.45, 7) is 1.70. The second-order valence-corrected chi connectivity index (χ2v) is 3.29. The Labute approximate surface area is 94.4 Å². The highest BCUT2D eigenvalue weighted by molar-refractivity contribution is 5.79. The summed E-state index contributed by atoms with van der Waals surface area (Å²) in [6.07, 6.45) is 0. The molecule has 0 unspecified atom stereocenters. The van der Waals surface area contributed by atoms with Crippen LogP contribution in [0.2, 0.25) is 0 Å². The van der Waals surface area contributed by atoms with Crippen molar-refractivity contribution in [3.8, 4) is 0 Å². The molecule has 0 aliphatic carbocycles. The number of hydrazine groups is 1. The fraction of sp³-hybridized carbons (Fsp3) is 0.273. The lowest BCUT2D eigenvalue weighted by molar-refractivity contribution is -0.122. The zero-order chi connectivity index (χ0) is 12.0. The van der Waals surface area contributed by atoms with Crippen LogP contribution < -0.4 is 10.7 Å². The van der Waals surface area contributed by atoms with Crippen LogP contribution in [0.1, 0.15) is 12.5 Å². The molecule has 5 heteroatoms. The number of hydrogen-bond donors (Lipinski definition) is 2. The standard InChI is InChI=1S/C11H15N3O2/c1-9(15)13-14(11(16)12-2)8-10-6-4-3-5-7-10/h3-7H,8H2,1-2H3,(H,12,16)(H,13,15). The molecule has 1 aromatic carbocycles. The lowest BCUT2D eigenvalue weighted by Gasteiger charge is -2.21. The summed E-state index contributed by atoms with van der Waals surface area (Å²) in [4.78, 5) is 22.4. The van der Waals surface area contributed by atoms with E-state index in [1.807, 2.05) is 30.3 Å². The predicted molar refractivity (Wildman–Crippen MR) is 60.3 cm³/mol. The molecule has 0 radical (unpaired) electrons. The summed E-state index contributed by atoms with van der Waals surface area (Å²) in [7, 11) is 1.52. The first-order valence-electron chi connectivity index (χ1n) is 4.94. The number of amides is 3. The van der Waals surface area contributed by atoms with Crippen LogP contribution in [0.15, 0.2) is 30.3 Å². The van der Waals surface area contributed by atoms with Gasteiger partial charge >= 0.3 is 6.03 Å². The normalized spacial score (nSPS) is 9.38. The van der Waals surface area contributed by atoms with E-state index in [1.165, 1.54) is 19.0 Å². The number of benzene rings is 1. The maximum atomic E-state index is 11.5. The smallest absolute Gasteiger partial charge is 0.336 e. The van der Waals surface area contributed by atoms with Gasteiger partial charge in [0.25, 0.3) is 0 Å². The van der Waals surface area contributed by atoms with Gasteiger partial charge in [0.2, 0.25) is 5.91 Å². The summed E-state index contributed by atoms with van der Waals surface area (Å²) in [5.41, 5.74) is 3.41. The van der Waals surface area contributed by atoms with Crippen LogP contribution in [-0.2, 0) is 11.3 Å². The average molecular weight is 221 g/mol. The van der Waals surface area contributed by atoms with Crippen LogP contribution in [0.25, 0.3) is 0 Å². The predicted octanol–water partition coefficient (Wildman–Crippen LogP) is 0.879. The molecule has 0 spiro atoms. The van der Waals surface area contributed by atoms with E-state index in [4.69, 9.17) is 0 Å². The summed E-state index contributed by atoms with van der Waals surface area (Å²) in [5.74, 6) is -0.278. The number of urea groups is 1. The number of nitrogens with one attached hydrogen (secondary N) is 2. The molecule has 5 nitrogen and oxygen atoms in total. The third kappa shape index (κ3) is 3.61. The van der Waals surface area contributed by atoms with E-state index < -0.39 is 0 Å². The fourth-order valence-corrected chi connectivity index (χ4v) is 1.25. The minimum atomic E-state index is -0.348. The van der Waals surface area contributed by atoms with Crippen LogP contribution in [-0.4, -0.2) is 24.0 Å². The highest BCUT2D eigenvalue weighted by atomic mass is 16.2. The third-order valence-corrected chi connectivity index (χ3v) is 1.93. The van der Waals surface area contributed by atoms with Gasteiger partial charge in [-0.1, -0.05) is 30.3 Å². The van der Waals surface area contributed by atoms with E-state index in [1.54, 1.807) is 0 Å². The number of carbonyl (C=O) groups excluding carboxylic acids is 2. The first kappa shape index (κ1) is 12.0. The van der Waals surface area contributed by atoms with Gasteiger partial charge in [0, 0.05) is 14.0 Å². The maximum absolute atomic E-state index is 11.5. The molecule has 0 fully saturated rings. The summed E-state index contributed by atoms with van der Waals surface area (Å²) in [5, 5.41) is 3.70. The topological polar surface area (TPSA) is 61.4 Å². The highest BCUT2D eigenvalue weighted by Crippen LogP contribution is 2.02. The molecule has 86 valence electrons. The summed E-state index contributed by atoms with van der Waals surface area (Å²) < 4.78 is 0. The molecule has 1 rings (SSSR count). The van der Waals surface area contributed by atoms with Gasteiger partial charge in [0.1, 0.15) is 0 Å². The Morgan fingerprint density at radius 3 is 2.38 bits per heavy atom. The zero-order valence-electron chi connectivity index (χ0n) is 9.36. The zero-order valence-corrected chi connectivity index (χ0v) is 9.36. The van der Waals surface area contributed by atoms with Crippen molar-refractivity contribution in [2.75, 3.05) is 7.05 Å². The van der Waals surface area contributed by atoms with Crippen molar-refractivity contribution >= 4 is 11.9 Å². The molecule has 3 amide bonds. The van der Waals surface area contributed by atoms with Gasteiger partial charge in [-0.05, 0) is 5.56 Å². The van der Waals surface area contributed by atoms with Crippen LogP contribution >= 0.6 is 0 Å². The van der Waals surface area contributed by atoms with Crippen LogP contribution in [0.5, 0.6) is 0 Å². The van der Waals surface area contributed by atoms with Gasteiger partial charge in [-0.2, -0.15) is 0 Å². The van der Waals surface area contributed by atoms with E-state index in [0.717, 1.165) is 5.56 Å². The van der Waals surface area contributed by atoms with E-state index in [0.29, 0.717) is 6.54 Å². The van der Waals surface area contributed by atoms with Crippen molar-refractivity contribution in [2.24, 2.45) is 0 Å². The minimum absolute atomic E-state index is 0.278. The van der Waals surface area contributed by atoms with Crippen LogP contribution in [0.4, 0.5) is 4.79 Å². The van der Waals surface area contributed by atoms with Crippen molar-refractivity contribution in [3.63, 3.8) is 0 Å². The second kappa shape index (κ2) is 5.75. The summed E-state index contributed by atoms with van der Waals surface area (Å²) >= 11 is 0. The summed E-state index contributed by atoms with van der Waals surface area (Å²) in [6, 6.07) is 9.08. The molecule has 0 atom stereocenters. The molecular formula is C11H15N3O2. The Morgan fingerprint density at radius 2 is 1.88 bits per heavy atom. The van der Waals surface area contributed by atoms with Crippen molar-refractivity contribution < 1.29 is 9.59 Å². The minimum Gasteiger partial charge on any atom is -0.340 e. The Kier molecular flexibility index (Phi) is 4.32. The molecule has 2 N–H and O–H groups in total. The average Bonchev–Trinajstić information content (AvgIpc) is 2.28. The quantitative estimate of drug-likeness (QED) is 0.728. The molecule has 0 saturated heterocycles. The molecule has 0 aliphatic rings. The molecule has 0 aromatic heterocycles. The van der Waals surface area contributed by atoms with Crippen molar-refractivity contribution in [1.82, 2.24) is 15.8 Å². The van der Waals surface area contributed by atoms with E-state index in [-0.39, 0.29) is 11.9 Å². The second-order valence-electron chi connectivity index (χ2n) is 3.29. The Morgan fingerprint density at radius 1 is 1.25 bits per heavy atom. The molecule has 0 aliphatic heterocycles. The van der Waals surface area contributed by atoms with Gasteiger partial charge in [-0.25, -0.2) is 9.80 Å². The number of rotatable bonds is 2. The molecule has 16 heavy (non-hydrogen) atoms. The first-order chi connectivity index (χ1) is 7.63. The Bertz CT molecular complexity index is 365. The van der Waals surface area contributed by atoms with Crippen molar-refractivity contribution in [3.05, 3.63) is 35.9 Å². The molecule has 0 heterocycles. The van der Waals surface area contributed by atoms with Gasteiger partial charge in [-0.15, -0.1) is 0 Å². The van der Waals surface area contributed by atoms with Crippen molar-refractivity contribution in [1.29, 1.82) is 0 Å². The largest absolute Gasteiger partial charge is 0.340 e. The maximum Gasteiger partial charge on any atom is 0.336 e. The lowest BCUT2D eigenvalue weighted by atomic mass is 10.2. The van der Waals surface area contributed by atoms with Gasteiger partial charge < -0.3 is 5.32 Å². The fourth-order valence-electron chi connectivity index (χ4n) is 1.25. The molecular weight excluding hydrogens is 206 g/mol. The monoisotopic (exact) mass is 221 g/mol. The van der Waals surface area contributed by atoms with Gasteiger partial charge in [0.15, 0.2) is 0 Å². The van der Waals surface area contributed by atoms with E-state index in [2.05, 4.69) is 10.7 Å². The van der Waals surface area contributed by atoms with Crippen molar-refractivity contribution in [2.45, 2.75) is 13.5 Å². The Hall–Kier alpha value is -2.04. The number of hydrogen-bond acceptors (Lipinski definition) is 2. The van der Waals surface area contributed by atoms with Gasteiger partial charge in [0.05, 0.1) is 6.54 Å². The van der Waals surface area contributed by atoms with Crippen LogP contribution in [0, 0.1) is 0 Å². The molecule has 0 saturated carbocycles. The van der Waals surface area contributed by atoms with Crippen LogP contribution in [0.3, 0.4) is 0 Å². The number of nitrogens with zero attached hydrogens (tertiary/aromatic N) is 1. The highest BCUT2D eigenvalue weighted by Gasteiger charge is 2.12. The SMILES string of the molecule is CNC(=O)N(Cc1ccccc1)NC(C)=O. The third-order valence-electron chi connectivity index (χ3n) is 1.93. The first-order valence-corrected chi connectivity index (χ1v) is 4.94. The molecule has 1 aromatic rings. The molecule has 0 bridgehead atoms. The van der Waals surface area contributed by atoms with E-state index in [9.17, 15) is 9.59 Å². The lowest BCUT2D eigenvalue weighted by Crippen LogP contribution is -2.48. The number of carbonyl (C=O) groups is 2. The van der Waals surface area contributed by atoms with Gasteiger partial charge in [-0.3, -0.25) is 10.2 Å².